The lowest BCUT2D eigenvalue weighted by molar-refractivity contribution is -0.144. The molecule has 9 heteroatoms. The monoisotopic (exact) mass is 434 g/mol. The van der Waals surface area contributed by atoms with E-state index in [1.807, 2.05) is 0 Å². The maximum atomic E-state index is 14.4. The molecule has 158 valence electrons. The Bertz CT molecular complexity index is 1020. The molecule has 0 bridgehead atoms. The number of hydrogen-bond donors (Lipinski definition) is 2. The van der Waals surface area contributed by atoms with Crippen LogP contribution in [0.1, 0.15) is 46.1 Å². The molecular formula is C21H20F2N2O4S. The van der Waals surface area contributed by atoms with Crippen molar-refractivity contribution in [3.8, 4) is 0 Å². The number of nitrogens with two attached hydrogens (primary N) is 1. The normalized spacial score (nSPS) is 17.6. The third kappa shape index (κ3) is 3.59. The first-order chi connectivity index (χ1) is 14.3. The Morgan fingerprint density at radius 1 is 1.20 bits per heavy atom. The van der Waals surface area contributed by atoms with Crippen molar-refractivity contribution >= 4 is 28.0 Å². The summed E-state index contributed by atoms with van der Waals surface area (Å²) in [5, 5.41) is 2.87. The molecule has 1 aromatic heterocycles. The number of halogens is 2. The van der Waals surface area contributed by atoms with Gasteiger partial charge in [0.15, 0.2) is 0 Å². The third-order valence-corrected chi connectivity index (χ3v) is 6.34. The van der Waals surface area contributed by atoms with Gasteiger partial charge in [-0.3, -0.25) is 9.59 Å². The maximum Gasteiger partial charge on any atom is 0.254 e. The molecular weight excluding hydrogens is 414 g/mol. The number of ketones is 1. The van der Waals surface area contributed by atoms with E-state index in [4.69, 9.17) is 15.2 Å². The minimum atomic E-state index is -0.957. The molecule has 30 heavy (non-hydrogen) atoms. The third-order valence-electron chi connectivity index (χ3n) is 5.19. The Kier molecular flexibility index (Phi) is 5.33. The van der Waals surface area contributed by atoms with Crippen LogP contribution in [0.5, 0.6) is 0 Å². The van der Waals surface area contributed by atoms with E-state index in [2.05, 4.69) is 5.32 Å². The Labute approximate surface area is 175 Å². The van der Waals surface area contributed by atoms with Gasteiger partial charge in [0.25, 0.3) is 5.79 Å². The lowest BCUT2D eigenvalue weighted by atomic mass is 9.97. The van der Waals surface area contributed by atoms with Gasteiger partial charge in [-0.05, 0) is 37.5 Å². The molecule has 2 aliphatic rings. The molecule has 1 aromatic carbocycles. The highest BCUT2D eigenvalue weighted by atomic mass is 32.1. The second-order valence-electron chi connectivity index (χ2n) is 7.36. The highest BCUT2D eigenvalue weighted by Crippen LogP contribution is 2.43. The van der Waals surface area contributed by atoms with Crippen molar-refractivity contribution < 1.29 is 27.8 Å². The summed E-state index contributed by atoms with van der Waals surface area (Å²) in [5.74, 6) is -4.10. The zero-order valence-corrected chi connectivity index (χ0v) is 17.0. The molecule has 0 unspecified atom stereocenters. The fraction of sp³-hybridized carbons (Fsp3) is 0.333. The average molecular weight is 434 g/mol. The van der Waals surface area contributed by atoms with Crippen LogP contribution in [0.3, 0.4) is 0 Å². The maximum absolute atomic E-state index is 14.4. The van der Waals surface area contributed by atoms with Gasteiger partial charge in [0.2, 0.25) is 11.7 Å². The van der Waals surface area contributed by atoms with Crippen LogP contribution in [0.15, 0.2) is 30.7 Å². The van der Waals surface area contributed by atoms with E-state index in [0.29, 0.717) is 31.2 Å². The zero-order valence-electron chi connectivity index (χ0n) is 16.2. The molecule has 4 rings (SSSR count). The zero-order chi connectivity index (χ0) is 21.5. The van der Waals surface area contributed by atoms with E-state index < -0.39 is 40.7 Å². The Balaban J connectivity index is 1.82. The minimum absolute atomic E-state index is 0.0935. The van der Waals surface area contributed by atoms with Gasteiger partial charge < -0.3 is 20.5 Å². The van der Waals surface area contributed by atoms with Gasteiger partial charge in [-0.25, -0.2) is 8.78 Å². The van der Waals surface area contributed by atoms with Crippen LogP contribution in [-0.2, 0) is 27.1 Å². The first kappa shape index (κ1) is 20.5. The van der Waals surface area contributed by atoms with Gasteiger partial charge in [-0.2, -0.15) is 0 Å². The number of carbonyl (C=O) groups excluding carboxylic acids is 2. The number of fused-ring (bicyclic) bond motifs is 1. The van der Waals surface area contributed by atoms with E-state index >= 15 is 0 Å². The molecule has 0 saturated heterocycles. The van der Waals surface area contributed by atoms with Crippen molar-refractivity contribution in [3.63, 3.8) is 0 Å². The van der Waals surface area contributed by atoms with Gasteiger partial charge >= 0.3 is 0 Å². The molecule has 1 spiro atoms. The van der Waals surface area contributed by atoms with Crippen LogP contribution >= 0.6 is 11.3 Å². The van der Waals surface area contributed by atoms with Crippen molar-refractivity contribution in [1.82, 2.24) is 0 Å². The van der Waals surface area contributed by atoms with E-state index in [1.165, 1.54) is 36.9 Å². The average Bonchev–Trinajstić information content (AvgIpc) is 3.22. The molecule has 0 radical (unpaired) electrons. The number of carbonyl (C=O) groups is 2. The number of ether oxygens (including phenoxy) is 2. The second-order valence-corrected chi connectivity index (χ2v) is 8.47. The number of hydrogen-bond acceptors (Lipinski definition) is 6. The van der Waals surface area contributed by atoms with Gasteiger partial charge in [0, 0.05) is 11.3 Å². The van der Waals surface area contributed by atoms with Crippen LogP contribution in [0.25, 0.3) is 0 Å². The van der Waals surface area contributed by atoms with E-state index in [-0.39, 0.29) is 10.6 Å². The molecule has 3 N–H and O–H groups in total. The topological polar surface area (TPSA) is 90.7 Å². The van der Waals surface area contributed by atoms with Crippen molar-refractivity contribution in [3.05, 3.63) is 63.9 Å². The lowest BCUT2D eigenvalue weighted by Gasteiger charge is -2.25. The summed E-state index contributed by atoms with van der Waals surface area (Å²) in [4.78, 5) is 26.3. The van der Waals surface area contributed by atoms with Crippen LogP contribution in [0.4, 0.5) is 13.8 Å². The van der Waals surface area contributed by atoms with Gasteiger partial charge in [0.1, 0.15) is 29.2 Å². The summed E-state index contributed by atoms with van der Waals surface area (Å²) in [6.45, 7) is 1.51. The Hall–Kier alpha value is -2.78. The molecule has 0 fully saturated rings. The van der Waals surface area contributed by atoms with Gasteiger partial charge in [0.05, 0.1) is 23.6 Å². The number of amides is 1. The summed E-state index contributed by atoms with van der Waals surface area (Å²) in [6, 6.07) is 2.43. The van der Waals surface area contributed by atoms with E-state index in [1.54, 1.807) is 0 Å². The van der Waals surface area contributed by atoms with Crippen LogP contribution in [0.2, 0.25) is 0 Å². The molecule has 1 atom stereocenters. The molecule has 2 aromatic rings. The molecule has 1 aliphatic heterocycles. The highest BCUT2D eigenvalue weighted by Gasteiger charge is 2.41. The van der Waals surface area contributed by atoms with Crippen molar-refractivity contribution in [1.29, 1.82) is 0 Å². The number of rotatable bonds is 4. The predicted molar refractivity (Wildman–Crippen MR) is 107 cm³/mol. The van der Waals surface area contributed by atoms with Crippen LogP contribution in [-0.4, -0.2) is 23.5 Å². The summed E-state index contributed by atoms with van der Waals surface area (Å²) in [5.41, 5.74) is 5.74. The smallest absolute Gasteiger partial charge is 0.254 e. The first-order valence-corrected chi connectivity index (χ1v) is 10.3. The minimum Gasteiger partial charge on any atom is -0.456 e. The number of thiophene rings is 1. The highest BCUT2D eigenvalue weighted by molar-refractivity contribution is 7.17. The SMILES string of the molecule is C[C@H](N)C(=O)Nc1sc2c(c1C(=O)c1c(F)cccc1F)CCCC1(C2)OC=CO1. The lowest BCUT2D eigenvalue weighted by Crippen LogP contribution is -2.32. The quantitative estimate of drug-likeness (QED) is 0.717. The molecule has 0 saturated carbocycles. The standard InChI is InChI=1S/C21H20F2N2O4S/c1-11(24)19(27)25-20-16(18(26)17-13(22)5-2-6-14(17)23)12-4-3-7-21(10-15(12)30-20)28-8-9-29-21/h2,5-6,8-9,11H,3-4,7,10,24H2,1H3,(H,25,27)/t11-/m0/s1. The van der Waals surface area contributed by atoms with Crippen molar-refractivity contribution in [2.45, 2.75) is 44.4 Å². The first-order valence-electron chi connectivity index (χ1n) is 9.52. The number of benzene rings is 1. The van der Waals surface area contributed by atoms with Crippen LogP contribution in [0, 0.1) is 11.6 Å². The fourth-order valence-electron chi connectivity index (χ4n) is 3.71. The molecule has 6 nitrogen and oxygen atoms in total. The van der Waals surface area contributed by atoms with E-state index in [0.717, 1.165) is 17.0 Å². The molecule has 2 heterocycles. The number of nitrogens with one attached hydrogen (secondary N) is 1. The predicted octanol–water partition coefficient (Wildman–Crippen LogP) is 3.64. The van der Waals surface area contributed by atoms with Crippen LogP contribution < -0.4 is 11.1 Å². The Morgan fingerprint density at radius 2 is 1.87 bits per heavy atom. The summed E-state index contributed by atoms with van der Waals surface area (Å²) in [7, 11) is 0. The van der Waals surface area contributed by atoms with Gasteiger partial charge in [-0.1, -0.05) is 6.07 Å². The van der Waals surface area contributed by atoms with E-state index in [9.17, 15) is 18.4 Å². The van der Waals surface area contributed by atoms with Crippen molar-refractivity contribution in [2.24, 2.45) is 5.73 Å². The Morgan fingerprint density at radius 3 is 2.50 bits per heavy atom. The fourth-order valence-corrected chi connectivity index (χ4v) is 5.05. The molecule has 1 aliphatic carbocycles. The molecule has 1 amide bonds. The summed E-state index contributed by atoms with van der Waals surface area (Å²) >= 11 is 1.18. The summed E-state index contributed by atoms with van der Waals surface area (Å²) in [6.07, 6.45) is 4.98. The van der Waals surface area contributed by atoms with Gasteiger partial charge in [-0.15, -0.1) is 11.3 Å². The number of anilines is 1. The summed E-state index contributed by atoms with van der Waals surface area (Å²) < 4.78 is 40.0. The van der Waals surface area contributed by atoms with Crippen molar-refractivity contribution in [2.75, 3.05) is 5.32 Å². The largest absolute Gasteiger partial charge is 0.456 e. The second kappa shape index (κ2) is 7.81.